The number of imidazole rings is 1. The van der Waals surface area contributed by atoms with Gasteiger partial charge in [-0.1, -0.05) is 114 Å². The van der Waals surface area contributed by atoms with Crippen LogP contribution in [0.3, 0.4) is 0 Å². The Kier molecular flexibility index (Phi) is 9.04. The van der Waals surface area contributed by atoms with Gasteiger partial charge in [-0.05, 0) is 58.0 Å². The van der Waals surface area contributed by atoms with Crippen LogP contribution in [0.1, 0.15) is 0 Å². The minimum absolute atomic E-state index is 0. The van der Waals surface area contributed by atoms with E-state index < -0.39 is 0 Å². The SMILES string of the molecule is [Pt].[c-]1c(Sc2[c-]c3c(cc2)c2ccccc2n3-c2cc(-c3ccccc3-c3ccccc3)ccn2)cccc1-n1[cH+]n(-c2ccccc2)c2ccccc21. The molecule has 0 N–H and O–H groups in total. The number of hydrogen-bond acceptors (Lipinski definition) is 2. The Morgan fingerprint density at radius 1 is 0.500 bits per heavy atom. The monoisotopic (exact) mass is 890 g/mol. The van der Waals surface area contributed by atoms with Crippen molar-refractivity contribution in [2.45, 2.75) is 9.79 Å². The number of benzene rings is 7. The van der Waals surface area contributed by atoms with Crippen LogP contribution < -0.4 is 0 Å². The summed E-state index contributed by atoms with van der Waals surface area (Å²) >= 11 is 1.67. The minimum Gasteiger partial charge on any atom is -0.319 e. The first-order chi connectivity index (χ1) is 26.3. The van der Waals surface area contributed by atoms with E-state index >= 15 is 0 Å². The van der Waals surface area contributed by atoms with E-state index in [4.69, 9.17) is 4.98 Å². The van der Waals surface area contributed by atoms with Crippen molar-refractivity contribution in [1.82, 2.24) is 18.7 Å². The van der Waals surface area contributed by atoms with Gasteiger partial charge in [-0.2, -0.15) is 28.8 Å². The van der Waals surface area contributed by atoms with Crippen LogP contribution in [0.5, 0.6) is 0 Å². The molecular formula is C48H31N4PtS-. The molecule has 0 bridgehead atoms. The van der Waals surface area contributed by atoms with Crippen molar-refractivity contribution in [3.8, 4) is 39.4 Å². The van der Waals surface area contributed by atoms with Gasteiger partial charge in [0.05, 0.1) is 0 Å². The summed E-state index contributed by atoms with van der Waals surface area (Å²) in [5.74, 6) is 0.856. The Labute approximate surface area is 332 Å². The van der Waals surface area contributed by atoms with E-state index in [1.165, 1.54) is 22.1 Å². The van der Waals surface area contributed by atoms with E-state index in [0.717, 1.165) is 60.0 Å². The average molecular weight is 891 g/mol. The Morgan fingerprint density at radius 2 is 1.15 bits per heavy atom. The van der Waals surface area contributed by atoms with Gasteiger partial charge in [0, 0.05) is 50.6 Å². The van der Waals surface area contributed by atoms with Crippen molar-refractivity contribution in [3.05, 3.63) is 201 Å². The third-order valence-electron chi connectivity index (χ3n) is 9.75. The fraction of sp³-hybridized carbons (Fsp3) is 0. The quantitative estimate of drug-likeness (QED) is 0.149. The number of hydrogen-bond donors (Lipinski definition) is 0. The molecule has 0 spiro atoms. The van der Waals surface area contributed by atoms with Gasteiger partial charge in [-0.3, -0.25) is 0 Å². The summed E-state index contributed by atoms with van der Waals surface area (Å²) in [6, 6.07) is 69.2. The summed E-state index contributed by atoms with van der Waals surface area (Å²) in [7, 11) is 0. The third kappa shape index (κ3) is 6.06. The smallest absolute Gasteiger partial charge is 0.168 e. The number of rotatable bonds is 7. The Balaban J connectivity index is 0.00000384. The Hall–Kier alpha value is -6.00. The zero-order valence-corrected chi connectivity index (χ0v) is 32.0. The van der Waals surface area contributed by atoms with Gasteiger partial charge in [-0.25, -0.2) is 9.55 Å². The summed E-state index contributed by atoms with van der Waals surface area (Å²) in [6.07, 6.45) is 4.06. The van der Waals surface area contributed by atoms with Crippen LogP contribution in [-0.2, 0) is 21.1 Å². The molecule has 3 aromatic heterocycles. The number of aromatic nitrogens is 4. The molecule has 0 aliphatic rings. The summed E-state index contributed by atoms with van der Waals surface area (Å²) in [5.41, 5.74) is 11.1. The van der Waals surface area contributed by atoms with Crippen molar-refractivity contribution in [3.63, 3.8) is 0 Å². The van der Waals surface area contributed by atoms with Crippen molar-refractivity contribution in [2.75, 3.05) is 0 Å². The molecule has 260 valence electrons. The molecule has 4 nitrogen and oxygen atoms in total. The molecule has 0 fully saturated rings. The number of para-hydroxylation sites is 4. The van der Waals surface area contributed by atoms with Crippen LogP contribution in [0.2, 0.25) is 0 Å². The standard InChI is InChI=1S/C48H31N4S.Pt/c1-3-14-34(15-4-1)40-20-7-8-21-41(40)35-28-29-49-48(30-35)52-44-23-10-9-22-42(44)43-27-26-39(32-47(43)52)53-38-19-13-18-37(31-38)51-33-50(36-16-5-2-6-17-36)45-24-11-12-25-46(45)51;/h1-30,33H;/q-1;. The summed E-state index contributed by atoms with van der Waals surface area (Å²) in [4.78, 5) is 6.97. The van der Waals surface area contributed by atoms with Crippen LogP contribution in [0.25, 0.3) is 72.3 Å². The van der Waals surface area contributed by atoms with Crippen LogP contribution in [0, 0.1) is 12.1 Å². The van der Waals surface area contributed by atoms with E-state index in [-0.39, 0.29) is 21.1 Å². The minimum atomic E-state index is 0. The van der Waals surface area contributed by atoms with Crippen molar-refractivity contribution < 1.29 is 21.1 Å². The molecule has 0 saturated carbocycles. The van der Waals surface area contributed by atoms with E-state index in [1.54, 1.807) is 11.8 Å². The molecule has 7 aromatic carbocycles. The van der Waals surface area contributed by atoms with E-state index in [9.17, 15) is 0 Å². The second-order valence-corrected chi connectivity index (χ2v) is 14.0. The van der Waals surface area contributed by atoms with Gasteiger partial charge in [0.1, 0.15) is 11.5 Å². The number of pyridine rings is 1. The van der Waals surface area contributed by atoms with Gasteiger partial charge in [-0.15, -0.1) is 40.2 Å². The van der Waals surface area contributed by atoms with Crippen molar-refractivity contribution >= 4 is 44.6 Å². The van der Waals surface area contributed by atoms with Crippen molar-refractivity contribution in [2.24, 2.45) is 0 Å². The molecule has 0 atom stereocenters. The van der Waals surface area contributed by atoms with Crippen LogP contribution in [0.4, 0.5) is 0 Å². The first-order valence-corrected chi connectivity index (χ1v) is 18.4. The summed E-state index contributed by atoms with van der Waals surface area (Å²) in [6.45, 7) is 0. The van der Waals surface area contributed by atoms with Gasteiger partial charge in [0.25, 0.3) is 0 Å². The summed E-state index contributed by atoms with van der Waals surface area (Å²) < 4.78 is 6.69. The molecule has 3 heterocycles. The van der Waals surface area contributed by atoms with Crippen LogP contribution >= 0.6 is 11.8 Å². The predicted octanol–water partition coefficient (Wildman–Crippen LogP) is 12.3. The molecular weight excluding hydrogens is 860 g/mol. The van der Waals surface area contributed by atoms with Gasteiger partial charge >= 0.3 is 0 Å². The fourth-order valence-corrected chi connectivity index (χ4v) is 8.16. The molecule has 54 heavy (non-hydrogen) atoms. The predicted molar refractivity (Wildman–Crippen MR) is 218 cm³/mol. The maximum Gasteiger partial charge on any atom is 0.168 e. The van der Waals surface area contributed by atoms with Crippen LogP contribution in [0.15, 0.2) is 198 Å². The van der Waals surface area contributed by atoms with Gasteiger partial charge in [0.15, 0.2) is 17.4 Å². The largest absolute Gasteiger partial charge is 0.319 e. The molecule has 0 radical (unpaired) electrons. The van der Waals surface area contributed by atoms with E-state index in [0.29, 0.717) is 0 Å². The molecule has 0 saturated heterocycles. The fourth-order valence-electron chi connectivity index (χ4n) is 7.34. The number of nitrogens with zero attached hydrogens (tertiary/aromatic N) is 4. The van der Waals surface area contributed by atoms with E-state index in [1.807, 2.05) is 12.3 Å². The molecule has 0 amide bonds. The first kappa shape index (κ1) is 33.8. The van der Waals surface area contributed by atoms with Gasteiger partial charge < -0.3 is 4.57 Å². The molecule has 0 unspecified atom stereocenters. The topological polar surface area (TPSA) is 27.7 Å². The number of fused-ring (bicyclic) bond motifs is 4. The average Bonchev–Trinajstić information content (AvgIpc) is 3.78. The van der Waals surface area contributed by atoms with E-state index in [2.05, 4.69) is 202 Å². The molecule has 10 aromatic rings. The maximum atomic E-state index is 4.94. The summed E-state index contributed by atoms with van der Waals surface area (Å²) in [5, 5.41) is 2.32. The molecule has 0 aliphatic heterocycles. The molecule has 0 aliphatic carbocycles. The maximum absolute atomic E-state index is 4.94. The second-order valence-electron chi connectivity index (χ2n) is 12.9. The Bertz CT molecular complexity index is 2930. The van der Waals surface area contributed by atoms with Crippen molar-refractivity contribution in [1.29, 1.82) is 0 Å². The van der Waals surface area contributed by atoms with Gasteiger partial charge in [0.2, 0.25) is 0 Å². The third-order valence-corrected chi connectivity index (χ3v) is 10.7. The molecule has 10 rings (SSSR count). The first-order valence-electron chi connectivity index (χ1n) is 17.6. The van der Waals surface area contributed by atoms with Crippen LogP contribution in [-0.4, -0.2) is 18.7 Å². The molecule has 6 heteroatoms. The Morgan fingerprint density at radius 3 is 1.94 bits per heavy atom. The zero-order chi connectivity index (χ0) is 35.1. The zero-order valence-electron chi connectivity index (χ0n) is 28.9. The second kappa shape index (κ2) is 14.4. The normalized spacial score (nSPS) is 11.3.